The number of nitrogens with zero attached hydrogens (tertiary/aromatic N) is 1. The van der Waals surface area contributed by atoms with E-state index in [-0.39, 0.29) is 24.8 Å². The zero-order valence-electron chi connectivity index (χ0n) is 13.2. The molecule has 0 atom stereocenters. The number of hydrogen-bond donors (Lipinski definition) is 1. The van der Waals surface area contributed by atoms with Gasteiger partial charge in [-0.25, -0.2) is 0 Å². The molecular formula is C17H14Cl2N2O4. The van der Waals surface area contributed by atoms with Crippen LogP contribution in [0.3, 0.4) is 0 Å². The average Bonchev–Trinajstić information content (AvgIpc) is 2.89. The molecule has 130 valence electrons. The van der Waals surface area contributed by atoms with Crippen molar-refractivity contribution in [3.63, 3.8) is 0 Å². The van der Waals surface area contributed by atoms with E-state index in [9.17, 15) is 10.0 Å². The van der Waals surface area contributed by atoms with Gasteiger partial charge >= 0.3 is 5.89 Å². The minimum atomic E-state index is -0.334. The minimum Gasteiger partial charge on any atom is -0.616 e. The van der Waals surface area contributed by atoms with Crippen LogP contribution in [0, 0.1) is 5.21 Å². The minimum absolute atomic E-state index is 0.202. The number of rotatable bonds is 5. The van der Waals surface area contributed by atoms with Crippen molar-refractivity contribution in [1.29, 1.82) is 0 Å². The highest BCUT2D eigenvalue weighted by molar-refractivity contribution is 6.35. The highest BCUT2D eigenvalue weighted by Gasteiger charge is 2.18. The van der Waals surface area contributed by atoms with Crippen LogP contribution in [0.15, 0.2) is 40.8 Å². The Hall–Kier alpha value is -2.44. The zero-order valence-corrected chi connectivity index (χ0v) is 14.7. The van der Waals surface area contributed by atoms with Gasteiger partial charge in [0, 0.05) is 34.3 Å². The Morgan fingerprint density at radius 1 is 1.24 bits per heavy atom. The molecule has 1 N–H and O–H groups in total. The smallest absolute Gasteiger partial charge is 0.361 e. The highest BCUT2D eigenvalue weighted by atomic mass is 35.5. The maximum atomic E-state index is 12.2. The number of fused-ring (bicyclic) bond motifs is 1. The van der Waals surface area contributed by atoms with Gasteiger partial charge in [0.1, 0.15) is 5.75 Å². The summed E-state index contributed by atoms with van der Waals surface area (Å²) in [6.45, 7) is 0.224. The molecule has 3 rings (SSSR count). The maximum Gasteiger partial charge on any atom is 0.361 e. The molecule has 0 saturated carbocycles. The van der Waals surface area contributed by atoms with Crippen LogP contribution in [-0.4, -0.2) is 19.6 Å². The van der Waals surface area contributed by atoms with E-state index in [4.69, 9.17) is 32.4 Å². The molecule has 0 unspecified atom stereocenters. The lowest BCUT2D eigenvalue weighted by atomic mass is 10.2. The van der Waals surface area contributed by atoms with Gasteiger partial charge in [-0.05, 0) is 24.3 Å². The fourth-order valence-corrected chi connectivity index (χ4v) is 2.92. The summed E-state index contributed by atoms with van der Waals surface area (Å²) in [4.78, 5) is 12.1. The third-order valence-corrected chi connectivity index (χ3v) is 4.03. The van der Waals surface area contributed by atoms with Crippen molar-refractivity contribution in [3.05, 3.63) is 63.1 Å². The van der Waals surface area contributed by atoms with Crippen molar-refractivity contribution < 1.29 is 18.7 Å². The molecule has 0 bridgehead atoms. The molecule has 8 heteroatoms. The first-order chi connectivity index (χ1) is 12.0. The Bertz CT molecular complexity index is 920. The number of amides is 1. The molecule has 1 aromatic heterocycles. The SMILES string of the molecule is COc1ccc2c(c1)oc(CCNC(=O)c1cc(Cl)cc(Cl)c1)[n+]2[O-]. The van der Waals surface area contributed by atoms with Gasteiger partial charge in [0.25, 0.3) is 11.4 Å². The van der Waals surface area contributed by atoms with Gasteiger partial charge in [-0.3, -0.25) is 4.79 Å². The van der Waals surface area contributed by atoms with Crippen molar-refractivity contribution in [3.8, 4) is 5.75 Å². The number of halogens is 2. The number of carbonyl (C=O) groups is 1. The molecule has 2 aromatic carbocycles. The normalized spacial score (nSPS) is 10.8. The van der Waals surface area contributed by atoms with Crippen LogP contribution in [0.1, 0.15) is 16.2 Å². The third-order valence-electron chi connectivity index (χ3n) is 3.59. The lowest BCUT2D eigenvalue weighted by molar-refractivity contribution is -0.592. The van der Waals surface area contributed by atoms with E-state index < -0.39 is 0 Å². The fourth-order valence-electron chi connectivity index (χ4n) is 2.40. The van der Waals surface area contributed by atoms with Gasteiger partial charge in [-0.15, -0.1) is 4.73 Å². The Labute approximate surface area is 153 Å². The number of methoxy groups -OCH3 is 1. The molecule has 0 aliphatic heterocycles. The molecule has 3 aromatic rings. The molecule has 0 radical (unpaired) electrons. The molecule has 6 nitrogen and oxygen atoms in total. The lowest BCUT2D eigenvalue weighted by Gasteiger charge is -2.04. The predicted molar refractivity (Wildman–Crippen MR) is 94.2 cm³/mol. The van der Waals surface area contributed by atoms with Crippen LogP contribution < -0.4 is 14.8 Å². The highest BCUT2D eigenvalue weighted by Crippen LogP contribution is 2.21. The molecular weight excluding hydrogens is 367 g/mol. The standard InChI is InChI=1S/C17H14Cl2N2O4/c1-24-13-2-3-14-15(9-13)25-16(21(14)23)4-5-20-17(22)10-6-11(18)8-12(19)7-10/h2-3,6-9H,4-5H2,1H3,(H,20,22). The van der Waals surface area contributed by atoms with Crippen molar-refractivity contribution in [2.75, 3.05) is 13.7 Å². The summed E-state index contributed by atoms with van der Waals surface area (Å²) >= 11 is 11.8. The Morgan fingerprint density at radius 3 is 2.64 bits per heavy atom. The topological polar surface area (TPSA) is 78.4 Å². The molecule has 0 spiro atoms. The second-order valence-corrected chi connectivity index (χ2v) is 6.16. The summed E-state index contributed by atoms with van der Waals surface area (Å²) in [5, 5.41) is 15.7. The summed E-state index contributed by atoms with van der Waals surface area (Å²) in [6.07, 6.45) is 0.237. The number of ether oxygens (including phenoxy) is 1. The number of carbonyl (C=O) groups excluding carboxylic acids is 1. The maximum absolute atomic E-state index is 12.2. The van der Waals surface area contributed by atoms with Gasteiger partial charge in [-0.2, -0.15) is 0 Å². The molecule has 0 saturated heterocycles. The second kappa shape index (κ2) is 7.21. The fraction of sp³-hybridized carbons (Fsp3) is 0.176. The average molecular weight is 381 g/mol. The zero-order chi connectivity index (χ0) is 18.0. The summed E-state index contributed by atoms with van der Waals surface area (Å²) in [6, 6.07) is 9.53. The van der Waals surface area contributed by atoms with Crippen molar-refractivity contribution in [2.45, 2.75) is 6.42 Å². The molecule has 25 heavy (non-hydrogen) atoms. The number of nitrogens with one attached hydrogen (secondary N) is 1. The molecule has 1 heterocycles. The summed E-state index contributed by atoms with van der Waals surface area (Å²) in [5.41, 5.74) is 1.18. The van der Waals surface area contributed by atoms with Crippen LogP contribution in [-0.2, 0) is 6.42 Å². The van der Waals surface area contributed by atoms with Gasteiger partial charge < -0.3 is 19.7 Å². The van der Waals surface area contributed by atoms with Gasteiger partial charge in [-0.1, -0.05) is 23.2 Å². The molecule has 1 amide bonds. The number of benzene rings is 2. The van der Waals surface area contributed by atoms with Crippen molar-refractivity contribution in [1.82, 2.24) is 5.32 Å². The van der Waals surface area contributed by atoms with E-state index in [1.165, 1.54) is 19.2 Å². The lowest BCUT2D eigenvalue weighted by Crippen LogP contribution is -2.33. The predicted octanol–water partition coefficient (Wildman–Crippen LogP) is 3.35. The van der Waals surface area contributed by atoms with Crippen molar-refractivity contribution >= 4 is 40.2 Å². The van der Waals surface area contributed by atoms with E-state index in [2.05, 4.69) is 5.32 Å². The van der Waals surface area contributed by atoms with Gasteiger partial charge in [0.05, 0.1) is 13.5 Å². The van der Waals surface area contributed by atoms with Crippen molar-refractivity contribution in [2.24, 2.45) is 0 Å². The largest absolute Gasteiger partial charge is 0.616 e. The second-order valence-electron chi connectivity index (χ2n) is 5.29. The van der Waals surface area contributed by atoms with Gasteiger partial charge in [0.2, 0.25) is 5.58 Å². The summed E-state index contributed by atoms with van der Waals surface area (Å²) in [7, 11) is 1.54. The Kier molecular flexibility index (Phi) is 5.01. The van der Waals surface area contributed by atoms with E-state index in [0.717, 1.165) is 0 Å². The van der Waals surface area contributed by atoms with E-state index in [0.29, 0.717) is 37.2 Å². The Morgan fingerprint density at radius 2 is 1.96 bits per heavy atom. The molecule has 0 fully saturated rings. The van der Waals surface area contributed by atoms with E-state index in [1.807, 2.05) is 0 Å². The molecule has 0 aliphatic carbocycles. The van der Waals surface area contributed by atoms with Crippen LogP contribution in [0.5, 0.6) is 5.75 Å². The monoisotopic (exact) mass is 380 g/mol. The number of aromatic nitrogens is 1. The number of hydrogen-bond acceptors (Lipinski definition) is 4. The van der Waals surface area contributed by atoms with Crippen LogP contribution >= 0.6 is 23.2 Å². The summed E-state index contributed by atoms with van der Waals surface area (Å²) in [5.74, 6) is 0.465. The third kappa shape index (κ3) is 3.81. The van der Waals surface area contributed by atoms with Gasteiger partial charge in [0.15, 0.2) is 0 Å². The van der Waals surface area contributed by atoms with E-state index in [1.54, 1.807) is 24.3 Å². The van der Waals surface area contributed by atoms with Crippen LogP contribution in [0.2, 0.25) is 10.0 Å². The van der Waals surface area contributed by atoms with Crippen LogP contribution in [0.4, 0.5) is 0 Å². The Balaban J connectivity index is 1.68. The van der Waals surface area contributed by atoms with E-state index >= 15 is 0 Å². The summed E-state index contributed by atoms with van der Waals surface area (Å²) < 4.78 is 11.4. The first kappa shape index (κ1) is 17.4. The first-order valence-electron chi connectivity index (χ1n) is 7.41. The van der Waals surface area contributed by atoms with Crippen LogP contribution in [0.25, 0.3) is 11.1 Å². The number of oxazole rings is 1. The quantitative estimate of drug-likeness (QED) is 0.543. The molecule has 0 aliphatic rings. The first-order valence-corrected chi connectivity index (χ1v) is 8.17.